The van der Waals surface area contributed by atoms with Crippen LogP contribution in [0.5, 0.6) is 0 Å². The van der Waals surface area contributed by atoms with Crippen molar-refractivity contribution in [1.29, 1.82) is 0 Å². The van der Waals surface area contributed by atoms with Gasteiger partial charge in [-0.05, 0) is 94.6 Å². The van der Waals surface area contributed by atoms with Crippen molar-refractivity contribution in [2.75, 3.05) is 6.61 Å². The van der Waals surface area contributed by atoms with Crippen LogP contribution in [0.25, 0.3) is 0 Å². The van der Waals surface area contributed by atoms with Crippen LogP contribution in [0.3, 0.4) is 0 Å². The molecule has 2 amide bonds. The Hall–Kier alpha value is -2.37. The molecule has 4 aliphatic rings. The number of esters is 1. The van der Waals surface area contributed by atoms with Gasteiger partial charge in [-0.2, -0.15) is 0 Å². The Morgan fingerprint density at radius 1 is 1.03 bits per heavy atom. The Bertz CT molecular complexity index is 830. The lowest BCUT2D eigenvalue weighted by molar-refractivity contribution is -0.150. The molecule has 4 bridgehead atoms. The second kappa shape index (κ2) is 8.64. The number of nitrogens with one attached hydrogen (secondary N) is 2. The SMILES string of the molecule is Cc1cccc(C(=O)N[C@@H](C)C(=O)OCC(=O)N[C@H](C)C23CC4CC(CC(C4)C2)C3)c1. The number of carbonyl (C=O) groups excluding carboxylic acids is 3. The Morgan fingerprint density at radius 3 is 2.23 bits per heavy atom. The molecule has 31 heavy (non-hydrogen) atoms. The van der Waals surface area contributed by atoms with E-state index in [1.54, 1.807) is 25.1 Å². The van der Waals surface area contributed by atoms with E-state index < -0.39 is 12.0 Å². The highest BCUT2D eigenvalue weighted by Gasteiger charge is 2.53. The highest BCUT2D eigenvalue weighted by atomic mass is 16.5. The summed E-state index contributed by atoms with van der Waals surface area (Å²) in [6.07, 6.45) is 7.73. The molecule has 0 saturated heterocycles. The molecule has 4 fully saturated rings. The Labute approximate surface area is 184 Å². The number of ether oxygens (including phenoxy) is 1. The number of hydrogen-bond donors (Lipinski definition) is 2. The van der Waals surface area contributed by atoms with Gasteiger partial charge in [0.05, 0.1) is 0 Å². The first-order valence-electron chi connectivity index (χ1n) is 11.6. The quantitative estimate of drug-likeness (QED) is 0.655. The van der Waals surface area contributed by atoms with Crippen LogP contribution >= 0.6 is 0 Å². The standard InChI is InChI=1S/C25H34N2O4/c1-15-5-4-6-21(7-15)23(29)26-16(2)24(30)31-14-22(28)27-17(3)25-11-18-8-19(12-25)10-20(9-18)13-25/h4-7,16-20H,8-14H2,1-3H3,(H,26,29)(H,27,28)/t16-,17+,18?,19?,20?,25?/m0/s1. The van der Waals surface area contributed by atoms with Crippen LogP contribution in [-0.4, -0.2) is 36.5 Å². The topological polar surface area (TPSA) is 84.5 Å². The van der Waals surface area contributed by atoms with Gasteiger partial charge in [-0.1, -0.05) is 17.7 Å². The van der Waals surface area contributed by atoms with E-state index >= 15 is 0 Å². The molecule has 2 atom stereocenters. The van der Waals surface area contributed by atoms with Crippen LogP contribution < -0.4 is 10.6 Å². The summed E-state index contributed by atoms with van der Waals surface area (Å²) in [5, 5.41) is 5.73. The summed E-state index contributed by atoms with van der Waals surface area (Å²) in [6.45, 7) is 5.25. The van der Waals surface area contributed by atoms with Gasteiger partial charge in [0.25, 0.3) is 11.8 Å². The molecule has 0 radical (unpaired) electrons. The molecule has 0 spiro atoms. The largest absolute Gasteiger partial charge is 0.454 e. The van der Waals surface area contributed by atoms with Crippen molar-refractivity contribution in [3.63, 3.8) is 0 Å². The number of amides is 2. The van der Waals surface area contributed by atoms with Gasteiger partial charge in [-0.25, -0.2) is 4.79 Å². The van der Waals surface area contributed by atoms with Gasteiger partial charge in [0, 0.05) is 11.6 Å². The van der Waals surface area contributed by atoms with Gasteiger partial charge in [0.2, 0.25) is 0 Å². The fourth-order valence-corrected chi connectivity index (χ4v) is 6.53. The van der Waals surface area contributed by atoms with E-state index in [0.717, 1.165) is 23.3 Å². The van der Waals surface area contributed by atoms with Gasteiger partial charge in [0.1, 0.15) is 6.04 Å². The van der Waals surface area contributed by atoms with Crippen LogP contribution in [0.15, 0.2) is 24.3 Å². The molecule has 6 nitrogen and oxygen atoms in total. The molecular formula is C25H34N2O4. The Kier molecular flexibility index (Phi) is 6.09. The molecule has 0 aliphatic heterocycles. The summed E-state index contributed by atoms with van der Waals surface area (Å²) >= 11 is 0. The molecule has 1 aromatic carbocycles. The molecule has 6 heteroatoms. The van der Waals surface area contributed by atoms with Crippen molar-refractivity contribution < 1.29 is 19.1 Å². The lowest BCUT2D eigenvalue weighted by Crippen LogP contribution is -2.56. The van der Waals surface area contributed by atoms with Gasteiger partial charge >= 0.3 is 5.97 Å². The molecule has 1 aromatic rings. The van der Waals surface area contributed by atoms with Gasteiger partial charge in [0.15, 0.2) is 6.61 Å². The maximum absolute atomic E-state index is 12.5. The number of rotatable bonds is 7. The van der Waals surface area contributed by atoms with Gasteiger partial charge in [-0.15, -0.1) is 0 Å². The minimum absolute atomic E-state index is 0.0885. The highest BCUT2D eigenvalue weighted by molar-refractivity contribution is 5.97. The molecule has 0 aromatic heterocycles. The number of aryl methyl sites for hydroxylation is 1. The van der Waals surface area contributed by atoms with E-state index in [0.29, 0.717) is 5.56 Å². The summed E-state index contributed by atoms with van der Waals surface area (Å²) in [6, 6.07) is 6.40. The lowest BCUT2D eigenvalue weighted by atomic mass is 9.48. The summed E-state index contributed by atoms with van der Waals surface area (Å²) < 4.78 is 5.18. The van der Waals surface area contributed by atoms with E-state index in [1.165, 1.54) is 38.5 Å². The van der Waals surface area contributed by atoms with Crippen LogP contribution in [-0.2, 0) is 14.3 Å². The summed E-state index contributed by atoms with van der Waals surface area (Å²) in [5.74, 6) is 1.24. The van der Waals surface area contributed by atoms with Crippen LogP contribution in [0, 0.1) is 30.1 Å². The van der Waals surface area contributed by atoms with Crippen LogP contribution in [0.2, 0.25) is 0 Å². The highest BCUT2D eigenvalue weighted by Crippen LogP contribution is 2.61. The third-order valence-electron chi connectivity index (χ3n) is 7.71. The second-order valence-corrected chi connectivity index (χ2v) is 10.2. The van der Waals surface area contributed by atoms with E-state index in [2.05, 4.69) is 17.6 Å². The molecule has 0 heterocycles. The maximum Gasteiger partial charge on any atom is 0.328 e. The summed E-state index contributed by atoms with van der Waals surface area (Å²) in [4.78, 5) is 37.1. The Balaban J connectivity index is 1.24. The van der Waals surface area contributed by atoms with Crippen LogP contribution in [0.1, 0.15) is 68.3 Å². The molecule has 4 aliphatic carbocycles. The second-order valence-electron chi connectivity index (χ2n) is 10.2. The maximum atomic E-state index is 12.5. The minimum atomic E-state index is -0.832. The smallest absolute Gasteiger partial charge is 0.328 e. The zero-order valence-electron chi connectivity index (χ0n) is 18.8. The fraction of sp³-hybridized carbons (Fsp3) is 0.640. The Morgan fingerprint density at radius 2 is 1.65 bits per heavy atom. The zero-order valence-corrected chi connectivity index (χ0v) is 18.8. The van der Waals surface area contributed by atoms with Crippen molar-refractivity contribution in [2.45, 2.75) is 71.4 Å². The molecule has 4 saturated carbocycles. The monoisotopic (exact) mass is 426 g/mol. The zero-order chi connectivity index (χ0) is 22.2. The van der Waals surface area contributed by atoms with Gasteiger partial charge < -0.3 is 15.4 Å². The van der Waals surface area contributed by atoms with Crippen molar-refractivity contribution in [3.05, 3.63) is 35.4 Å². The average Bonchev–Trinajstić information content (AvgIpc) is 2.70. The lowest BCUT2D eigenvalue weighted by Gasteiger charge is -2.59. The summed E-state index contributed by atoms with van der Waals surface area (Å²) in [5.41, 5.74) is 1.67. The first-order chi connectivity index (χ1) is 14.7. The predicted molar refractivity (Wildman–Crippen MR) is 117 cm³/mol. The third kappa shape index (κ3) is 4.78. The minimum Gasteiger partial charge on any atom is -0.454 e. The molecular weight excluding hydrogens is 392 g/mol. The molecule has 168 valence electrons. The average molecular weight is 427 g/mol. The van der Waals surface area contributed by atoms with E-state index in [-0.39, 0.29) is 29.9 Å². The van der Waals surface area contributed by atoms with E-state index in [1.807, 2.05) is 13.0 Å². The number of hydrogen-bond acceptors (Lipinski definition) is 4. The first-order valence-corrected chi connectivity index (χ1v) is 11.6. The molecule has 2 N–H and O–H groups in total. The normalized spacial score (nSPS) is 30.4. The molecule has 5 rings (SSSR count). The van der Waals surface area contributed by atoms with E-state index in [4.69, 9.17) is 4.74 Å². The van der Waals surface area contributed by atoms with Crippen molar-refractivity contribution >= 4 is 17.8 Å². The fourth-order valence-electron chi connectivity index (χ4n) is 6.53. The van der Waals surface area contributed by atoms with Crippen LogP contribution in [0.4, 0.5) is 0 Å². The van der Waals surface area contributed by atoms with Crippen molar-refractivity contribution in [3.8, 4) is 0 Å². The summed E-state index contributed by atoms with van der Waals surface area (Å²) in [7, 11) is 0. The molecule has 0 unspecified atom stereocenters. The number of benzene rings is 1. The predicted octanol–water partition coefficient (Wildman–Crippen LogP) is 3.38. The number of carbonyl (C=O) groups is 3. The van der Waals surface area contributed by atoms with E-state index in [9.17, 15) is 14.4 Å². The van der Waals surface area contributed by atoms with Crippen molar-refractivity contribution in [1.82, 2.24) is 10.6 Å². The third-order valence-corrected chi connectivity index (χ3v) is 7.71. The van der Waals surface area contributed by atoms with Crippen molar-refractivity contribution in [2.24, 2.45) is 23.2 Å². The van der Waals surface area contributed by atoms with Gasteiger partial charge in [-0.3, -0.25) is 9.59 Å². The first kappa shape index (κ1) is 21.8.